The minimum absolute atomic E-state index is 0.00934. The molecule has 2 aliphatic rings. The molecule has 7 nitrogen and oxygen atoms in total. The summed E-state index contributed by atoms with van der Waals surface area (Å²) in [4.78, 5) is 25.8. The topological polar surface area (TPSA) is 97.8 Å². The van der Waals surface area contributed by atoms with Crippen LogP contribution in [0.5, 0.6) is 5.75 Å². The van der Waals surface area contributed by atoms with Crippen LogP contribution in [0.1, 0.15) is 29.7 Å². The van der Waals surface area contributed by atoms with Crippen molar-refractivity contribution in [2.45, 2.75) is 31.1 Å². The van der Waals surface area contributed by atoms with E-state index in [-0.39, 0.29) is 41.9 Å². The van der Waals surface area contributed by atoms with E-state index in [0.717, 1.165) is 12.3 Å². The van der Waals surface area contributed by atoms with Crippen LogP contribution in [0.25, 0.3) is 10.9 Å². The van der Waals surface area contributed by atoms with E-state index in [1.807, 2.05) is 0 Å². The Morgan fingerprint density at radius 1 is 1.47 bits per heavy atom. The molecular weight excluding hydrogens is 403 g/mol. The molecule has 10 heteroatoms. The highest BCUT2D eigenvalue weighted by Crippen LogP contribution is 2.46. The van der Waals surface area contributed by atoms with Gasteiger partial charge in [-0.2, -0.15) is 0 Å². The van der Waals surface area contributed by atoms with Crippen LogP contribution in [0.2, 0.25) is 0 Å². The number of pyridine rings is 1. The van der Waals surface area contributed by atoms with Gasteiger partial charge in [-0.1, -0.05) is 0 Å². The lowest BCUT2D eigenvalue weighted by atomic mass is 9.92. The third kappa shape index (κ3) is 3.01. The molecule has 162 valence electrons. The summed E-state index contributed by atoms with van der Waals surface area (Å²) in [5.74, 6) is -2.88. The van der Waals surface area contributed by atoms with E-state index < -0.39 is 53.1 Å². The fourth-order valence-electron chi connectivity index (χ4n) is 4.26. The number of nitrogens with zero attached hydrogens (tertiary/aromatic N) is 2. The second-order valence-corrected chi connectivity index (χ2v) is 8.28. The summed E-state index contributed by atoms with van der Waals surface area (Å²) in [7, 11) is 1.28. The SMILES string of the molecule is COc1c(N2CC(CF)C(C)(N)C2)c(F)cc2c(=O)c(C(=O)O)cn([C@@H]3C[C@@H]3F)c12. The van der Waals surface area contributed by atoms with Crippen LogP contribution >= 0.6 is 0 Å². The molecule has 3 N–H and O–H groups in total. The van der Waals surface area contributed by atoms with Gasteiger partial charge in [0.15, 0.2) is 11.6 Å². The number of carboxylic acids is 1. The lowest BCUT2D eigenvalue weighted by molar-refractivity contribution is 0.0694. The predicted octanol–water partition coefficient (Wildman–Crippen LogP) is 2.25. The number of carboxylic acid groups (broad SMARTS) is 1. The van der Waals surface area contributed by atoms with Crippen molar-refractivity contribution < 1.29 is 27.8 Å². The number of aromatic nitrogens is 1. The lowest BCUT2D eigenvalue weighted by Crippen LogP contribution is -2.45. The van der Waals surface area contributed by atoms with Gasteiger partial charge < -0.3 is 25.0 Å². The summed E-state index contributed by atoms with van der Waals surface area (Å²) in [6.07, 6.45) is -0.00449. The zero-order chi connectivity index (χ0) is 22.0. The van der Waals surface area contributed by atoms with Crippen LogP contribution < -0.4 is 20.8 Å². The average Bonchev–Trinajstić information content (AvgIpc) is 3.31. The first-order chi connectivity index (χ1) is 14.1. The molecule has 1 aliphatic carbocycles. The molecule has 4 atom stereocenters. The number of alkyl halides is 2. The molecule has 30 heavy (non-hydrogen) atoms. The van der Waals surface area contributed by atoms with E-state index in [9.17, 15) is 23.5 Å². The van der Waals surface area contributed by atoms with Crippen molar-refractivity contribution in [2.24, 2.45) is 11.7 Å². The zero-order valence-corrected chi connectivity index (χ0v) is 16.5. The Balaban J connectivity index is 2.01. The van der Waals surface area contributed by atoms with E-state index in [1.165, 1.54) is 11.7 Å². The second-order valence-electron chi connectivity index (χ2n) is 8.28. The molecule has 1 aliphatic heterocycles. The first kappa shape index (κ1) is 20.5. The van der Waals surface area contributed by atoms with Crippen molar-refractivity contribution in [2.75, 3.05) is 31.8 Å². The molecule has 0 radical (unpaired) electrons. The maximum absolute atomic E-state index is 15.2. The van der Waals surface area contributed by atoms with E-state index in [2.05, 4.69) is 0 Å². The Morgan fingerprint density at radius 3 is 2.63 bits per heavy atom. The van der Waals surface area contributed by atoms with Crippen molar-refractivity contribution in [3.8, 4) is 5.75 Å². The molecule has 0 spiro atoms. The highest BCUT2D eigenvalue weighted by molar-refractivity contribution is 5.97. The second kappa shape index (κ2) is 6.90. The number of carbonyl (C=O) groups is 1. The van der Waals surface area contributed by atoms with Gasteiger partial charge in [0.05, 0.1) is 30.7 Å². The molecule has 2 fully saturated rings. The molecule has 1 aromatic heterocycles. The van der Waals surface area contributed by atoms with E-state index in [4.69, 9.17) is 10.5 Å². The van der Waals surface area contributed by atoms with Crippen molar-refractivity contribution in [1.29, 1.82) is 0 Å². The maximum Gasteiger partial charge on any atom is 0.341 e. The van der Waals surface area contributed by atoms with Crippen LogP contribution in [-0.2, 0) is 0 Å². The van der Waals surface area contributed by atoms with E-state index in [1.54, 1.807) is 11.8 Å². The number of rotatable bonds is 5. The molecular formula is C20H22F3N3O4. The van der Waals surface area contributed by atoms with Crippen LogP contribution in [0.3, 0.4) is 0 Å². The van der Waals surface area contributed by atoms with Crippen LogP contribution in [-0.4, -0.2) is 54.2 Å². The monoisotopic (exact) mass is 425 g/mol. The normalized spacial score (nSPS) is 28.2. The first-order valence-electron chi connectivity index (χ1n) is 9.53. The summed E-state index contributed by atoms with van der Waals surface area (Å²) >= 11 is 0. The summed E-state index contributed by atoms with van der Waals surface area (Å²) in [5, 5.41) is 9.15. The Labute approximate surface area is 169 Å². The first-order valence-corrected chi connectivity index (χ1v) is 9.53. The van der Waals surface area contributed by atoms with Gasteiger partial charge in [0.25, 0.3) is 0 Å². The van der Waals surface area contributed by atoms with Gasteiger partial charge in [0.2, 0.25) is 5.43 Å². The van der Waals surface area contributed by atoms with Crippen LogP contribution in [0.15, 0.2) is 17.1 Å². The number of hydrogen-bond donors (Lipinski definition) is 2. The number of ether oxygens (including phenoxy) is 1. The number of benzene rings is 1. The predicted molar refractivity (Wildman–Crippen MR) is 104 cm³/mol. The lowest BCUT2D eigenvalue weighted by Gasteiger charge is -2.26. The molecule has 2 unspecified atom stereocenters. The number of halogens is 3. The molecule has 4 rings (SSSR count). The molecule has 1 saturated carbocycles. The number of hydrogen-bond acceptors (Lipinski definition) is 5. The highest BCUT2D eigenvalue weighted by atomic mass is 19.1. The van der Waals surface area contributed by atoms with E-state index in [0.29, 0.717) is 0 Å². The fourth-order valence-corrected chi connectivity index (χ4v) is 4.26. The largest absolute Gasteiger partial charge is 0.492 e. The fraction of sp³-hybridized carbons (Fsp3) is 0.500. The van der Waals surface area contributed by atoms with Crippen molar-refractivity contribution in [3.05, 3.63) is 33.9 Å². The molecule has 2 aromatic rings. The van der Waals surface area contributed by atoms with Gasteiger partial charge in [-0.3, -0.25) is 9.18 Å². The number of nitrogens with two attached hydrogens (primary N) is 1. The van der Waals surface area contributed by atoms with Gasteiger partial charge in [-0.05, 0) is 13.0 Å². The maximum atomic E-state index is 15.2. The van der Waals surface area contributed by atoms with Gasteiger partial charge in [-0.15, -0.1) is 0 Å². The minimum Gasteiger partial charge on any atom is -0.492 e. The number of anilines is 1. The summed E-state index contributed by atoms with van der Waals surface area (Å²) in [6, 6.07) is 0.250. The smallest absolute Gasteiger partial charge is 0.341 e. The van der Waals surface area contributed by atoms with Gasteiger partial charge in [-0.25, -0.2) is 13.6 Å². The molecule has 1 saturated heterocycles. The van der Waals surface area contributed by atoms with Crippen LogP contribution in [0, 0.1) is 11.7 Å². The molecule has 2 heterocycles. The van der Waals surface area contributed by atoms with Crippen molar-refractivity contribution in [1.82, 2.24) is 4.57 Å². The minimum atomic E-state index is -1.49. The Morgan fingerprint density at radius 2 is 2.13 bits per heavy atom. The summed E-state index contributed by atoms with van der Waals surface area (Å²) < 4.78 is 49.3. The van der Waals surface area contributed by atoms with Crippen molar-refractivity contribution >= 4 is 22.6 Å². The third-order valence-electron chi connectivity index (χ3n) is 6.08. The quantitative estimate of drug-likeness (QED) is 0.763. The molecule has 0 bridgehead atoms. The van der Waals surface area contributed by atoms with Gasteiger partial charge in [0.1, 0.15) is 17.4 Å². The van der Waals surface area contributed by atoms with Gasteiger partial charge >= 0.3 is 5.97 Å². The van der Waals surface area contributed by atoms with Crippen molar-refractivity contribution in [3.63, 3.8) is 0 Å². The Kier molecular flexibility index (Phi) is 4.72. The Bertz CT molecular complexity index is 1100. The standard InChI is InChI=1S/C20H22F3N3O4/c1-20(24)8-25(6-9(20)5-21)16-13(23)3-10-15(18(16)30-2)26(14-4-12(14)22)7-11(17(10)27)19(28)29/h3,7,9,12,14H,4-6,8,24H2,1-2H3,(H,28,29)/t9?,12-,14+,20?/m0/s1. The molecule has 0 amide bonds. The summed E-state index contributed by atoms with van der Waals surface area (Å²) in [5.41, 5.74) is 3.91. The number of aromatic carboxylic acids is 1. The molecule has 1 aromatic carbocycles. The number of methoxy groups -OCH3 is 1. The zero-order valence-electron chi connectivity index (χ0n) is 16.5. The van der Waals surface area contributed by atoms with E-state index >= 15 is 4.39 Å². The highest BCUT2D eigenvalue weighted by Gasteiger charge is 2.44. The van der Waals surface area contributed by atoms with Crippen LogP contribution in [0.4, 0.5) is 18.9 Å². The Hall–Kier alpha value is -2.75. The number of fused-ring (bicyclic) bond motifs is 1. The average molecular weight is 425 g/mol. The summed E-state index contributed by atoms with van der Waals surface area (Å²) in [6.45, 7) is 1.27. The van der Waals surface area contributed by atoms with Gasteiger partial charge in [0, 0.05) is 37.2 Å². The third-order valence-corrected chi connectivity index (χ3v) is 6.08.